The van der Waals surface area contributed by atoms with Crippen LogP contribution in [0.2, 0.25) is 5.02 Å². The van der Waals surface area contributed by atoms with Gasteiger partial charge in [0.1, 0.15) is 6.54 Å². The van der Waals surface area contributed by atoms with Crippen molar-refractivity contribution in [2.24, 2.45) is 5.92 Å². The number of carbonyl (C=O) groups is 4. The standard InChI is InChI=1S/C24H33ClN6O4/c1-3-15(2)26-20(32)12-13-29-22(34)18-6-4-5-7-19(18)31-23(29)28-30(24(31)35)14-21(33)27-17-10-8-16(25)9-11-17/h8-11,15,18-19,23,28H,3-7,12-14H2,1-2H3,(H,26,32)(H,27,33). The van der Waals surface area contributed by atoms with Crippen LogP contribution in [0.3, 0.4) is 0 Å². The highest BCUT2D eigenvalue weighted by molar-refractivity contribution is 6.30. The van der Waals surface area contributed by atoms with Crippen molar-refractivity contribution in [1.29, 1.82) is 0 Å². The van der Waals surface area contributed by atoms with Crippen molar-refractivity contribution >= 4 is 41.0 Å². The first-order valence-corrected chi connectivity index (χ1v) is 12.7. The van der Waals surface area contributed by atoms with Crippen molar-refractivity contribution in [2.45, 2.75) is 70.7 Å². The van der Waals surface area contributed by atoms with E-state index in [2.05, 4.69) is 16.1 Å². The van der Waals surface area contributed by atoms with Gasteiger partial charge in [-0.25, -0.2) is 9.80 Å². The van der Waals surface area contributed by atoms with E-state index in [0.717, 1.165) is 25.7 Å². The molecule has 0 bridgehead atoms. The highest BCUT2D eigenvalue weighted by Gasteiger charge is 2.54. The minimum atomic E-state index is -0.714. The second-order valence-corrected chi connectivity index (χ2v) is 9.89. The largest absolute Gasteiger partial charge is 0.354 e. The number of hydrogen-bond donors (Lipinski definition) is 3. The molecule has 190 valence electrons. The molecule has 5 amide bonds. The van der Waals surface area contributed by atoms with Crippen molar-refractivity contribution < 1.29 is 19.2 Å². The smallest absolute Gasteiger partial charge is 0.337 e. The van der Waals surface area contributed by atoms with Crippen LogP contribution < -0.4 is 16.1 Å². The Kier molecular flexibility index (Phi) is 7.81. The third-order valence-electron chi connectivity index (χ3n) is 7.00. The number of carbonyl (C=O) groups excluding carboxylic acids is 4. The summed E-state index contributed by atoms with van der Waals surface area (Å²) < 4.78 is 0. The van der Waals surface area contributed by atoms with Crippen molar-refractivity contribution in [3.8, 4) is 0 Å². The summed E-state index contributed by atoms with van der Waals surface area (Å²) in [5.74, 6) is -0.835. The highest BCUT2D eigenvalue weighted by atomic mass is 35.5. The second kappa shape index (κ2) is 10.8. The van der Waals surface area contributed by atoms with E-state index in [9.17, 15) is 19.2 Å². The third kappa shape index (κ3) is 5.54. The summed E-state index contributed by atoms with van der Waals surface area (Å²) in [7, 11) is 0. The molecule has 0 spiro atoms. The molecule has 11 heteroatoms. The number of fused-ring (bicyclic) bond motifs is 3. The molecule has 4 rings (SSSR count). The van der Waals surface area contributed by atoms with Crippen molar-refractivity contribution in [3.05, 3.63) is 29.3 Å². The molecule has 10 nitrogen and oxygen atoms in total. The first-order valence-electron chi connectivity index (χ1n) is 12.3. The minimum Gasteiger partial charge on any atom is -0.354 e. The zero-order valence-electron chi connectivity index (χ0n) is 20.1. The number of hydrazine groups is 1. The molecule has 1 saturated carbocycles. The van der Waals surface area contributed by atoms with Crippen LogP contribution in [-0.4, -0.2) is 70.0 Å². The number of nitrogens with one attached hydrogen (secondary N) is 3. The van der Waals surface area contributed by atoms with Gasteiger partial charge in [0.15, 0.2) is 6.29 Å². The summed E-state index contributed by atoms with van der Waals surface area (Å²) in [6, 6.07) is 6.21. The maximum absolute atomic E-state index is 13.4. The Bertz CT molecular complexity index is 973. The van der Waals surface area contributed by atoms with Gasteiger partial charge in [0.2, 0.25) is 17.7 Å². The molecule has 3 N–H and O–H groups in total. The van der Waals surface area contributed by atoms with E-state index >= 15 is 0 Å². The summed E-state index contributed by atoms with van der Waals surface area (Å²) in [4.78, 5) is 55.1. The highest BCUT2D eigenvalue weighted by Crippen LogP contribution is 2.38. The van der Waals surface area contributed by atoms with E-state index in [-0.39, 0.29) is 61.3 Å². The average Bonchev–Trinajstić information content (AvgIpc) is 3.16. The van der Waals surface area contributed by atoms with Crippen LogP contribution in [0.4, 0.5) is 10.5 Å². The van der Waals surface area contributed by atoms with E-state index in [1.54, 1.807) is 34.1 Å². The van der Waals surface area contributed by atoms with Gasteiger partial charge >= 0.3 is 6.03 Å². The summed E-state index contributed by atoms with van der Waals surface area (Å²) in [6.45, 7) is 3.90. The minimum absolute atomic E-state index is 0.0416. The van der Waals surface area contributed by atoms with E-state index in [1.165, 1.54) is 5.01 Å². The second-order valence-electron chi connectivity index (χ2n) is 9.45. The Labute approximate surface area is 210 Å². The lowest BCUT2D eigenvalue weighted by atomic mass is 9.81. The number of amides is 5. The first kappa shape index (κ1) is 25.2. The van der Waals surface area contributed by atoms with E-state index in [0.29, 0.717) is 17.1 Å². The molecule has 2 heterocycles. The Hall–Kier alpha value is -2.85. The van der Waals surface area contributed by atoms with Gasteiger partial charge in [-0.2, -0.15) is 5.43 Å². The Morgan fingerprint density at radius 1 is 1.14 bits per heavy atom. The van der Waals surface area contributed by atoms with Gasteiger partial charge in [-0.3, -0.25) is 19.3 Å². The Morgan fingerprint density at radius 3 is 2.57 bits per heavy atom. The van der Waals surface area contributed by atoms with Crippen LogP contribution in [0.1, 0.15) is 52.4 Å². The van der Waals surface area contributed by atoms with Crippen molar-refractivity contribution in [2.75, 3.05) is 18.4 Å². The van der Waals surface area contributed by atoms with Crippen LogP contribution in [0, 0.1) is 5.92 Å². The number of benzene rings is 1. The number of anilines is 1. The molecule has 0 aromatic heterocycles. The molecule has 35 heavy (non-hydrogen) atoms. The molecular formula is C24H33ClN6O4. The molecule has 1 aromatic rings. The summed E-state index contributed by atoms with van der Waals surface area (Å²) in [5.41, 5.74) is 3.63. The zero-order valence-corrected chi connectivity index (χ0v) is 20.9. The van der Waals surface area contributed by atoms with Gasteiger partial charge in [-0.15, -0.1) is 0 Å². The van der Waals surface area contributed by atoms with Crippen LogP contribution in [0.5, 0.6) is 0 Å². The van der Waals surface area contributed by atoms with Gasteiger partial charge in [-0.05, 0) is 50.5 Å². The molecule has 3 aliphatic rings. The fourth-order valence-corrected chi connectivity index (χ4v) is 5.13. The van der Waals surface area contributed by atoms with Crippen LogP contribution in [-0.2, 0) is 14.4 Å². The average molecular weight is 505 g/mol. The zero-order chi connectivity index (χ0) is 25.1. The quantitative estimate of drug-likeness (QED) is 0.503. The SMILES string of the molecule is CCC(C)NC(=O)CCN1C(=O)C2CCCCC2N2C(=O)N(CC(=O)Nc3ccc(Cl)cc3)NC12. The predicted octanol–water partition coefficient (Wildman–Crippen LogP) is 2.51. The molecule has 3 fully saturated rings. The molecule has 1 aromatic carbocycles. The van der Waals surface area contributed by atoms with E-state index in [1.807, 2.05) is 13.8 Å². The van der Waals surface area contributed by atoms with Gasteiger partial charge in [0, 0.05) is 35.8 Å². The molecule has 2 aliphatic heterocycles. The number of halogens is 1. The fourth-order valence-electron chi connectivity index (χ4n) is 5.00. The third-order valence-corrected chi connectivity index (χ3v) is 7.25. The van der Waals surface area contributed by atoms with E-state index in [4.69, 9.17) is 11.6 Å². The first-order chi connectivity index (χ1) is 16.8. The normalized spacial score (nSPS) is 24.7. The predicted molar refractivity (Wildman–Crippen MR) is 131 cm³/mol. The van der Waals surface area contributed by atoms with Crippen LogP contribution >= 0.6 is 11.6 Å². The lowest BCUT2D eigenvalue weighted by Crippen LogP contribution is -2.66. The number of hydrogen-bond acceptors (Lipinski definition) is 5. The Balaban J connectivity index is 1.46. The number of nitrogens with zero attached hydrogens (tertiary/aromatic N) is 3. The maximum Gasteiger partial charge on any atom is 0.337 e. The molecular weight excluding hydrogens is 472 g/mol. The number of urea groups is 1. The molecule has 0 radical (unpaired) electrons. The molecule has 4 atom stereocenters. The van der Waals surface area contributed by atoms with Gasteiger partial charge in [0.05, 0.1) is 5.92 Å². The lowest BCUT2D eigenvalue weighted by molar-refractivity contribution is -0.156. The monoisotopic (exact) mass is 504 g/mol. The fraction of sp³-hybridized carbons (Fsp3) is 0.583. The van der Waals surface area contributed by atoms with Crippen molar-refractivity contribution in [1.82, 2.24) is 25.6 Å². The van der Waals surface area contributed by atoms with Crippen molar-refractivity contribution in [3.63, 3.8) is 0 Å². The summed E-state index contributed by atoms with van der Waals surface area (Å²) >= 11 is 5.89. The number of rotatable bonds is 8. The van der Waals surface area contributed by atoms with Crippen LogP contribution in [0.25, 0.3) is 0 Å². The molecule has 1 aliphatic carbocycles. The van der Waals surface area contributed by atoms with Gasteiger partial charge < -0.3 is 15.5 Å². The topological polar surface area (TPSA) is 114 Å². The summed E-state index contributed by atoms with van der Waals surface area (Å²) in [6.07, 6.45) is 3.58. The Morgan fingerprint density at radius 2 is 1.86 bits per heavy atom. The lowest BCUT2D eigenvalue weighted by Gasteiger charge is -2.48. The molecule has 2 saturated heterocycles. The van der Waals surface area contributed by atoms with Gasteiger partial charge in [-0.1, -0.05) is 31.4 Å². The van der Waals surface area contributed by atoms with E-state index < -0.39 is 6.29 Å². The molecule has 4 unspecified atom stereocenters. The van der Waals surface area contributed by atoms with Crippen LogP contribution in [0.15, 0.2) is 24.3 Å². The summed E-state index contributed by atoms with van der Waals surface area (Å²) in [5, 5.41) is 7.49. The van der Waals surface area contributed by atoms with Gasteiger partial charge in [0.25, 0.3) is 0 Å². The maximum atomic E-state index is 13.4.